The summed E-state index contributed by atoms with van der Waals surface area (Å²) in [5, 5.41) is 17.4. The molecule has 0 atom stereocenters. The number of hydrogen-bond donors (Lipinski definition) is 0. The first-order valence-electron chi connectivity index (χ1n) is 11.7. The van der Waals surface area contributed by atoms with E-state index in [1.165, 1.54) is 69.4 Å². The molecule has 0 N–H and O–H groups in total. The fraction of sp³-hybridized carbons (Fsp3) is 0.500. The molecular weight excluding hydrogens is 364 g/mol. The van der Waals surface area contributed by atoms with Crippen LogP contribution in [-0.2, 0) is 0 Å². The fourth-order valence-corrected chi connectivity index (χ4v) is 5.06. The Kier molecular flexibility index (Phi) is 8.99. The molecule has 0 heterocycles. The minimum atomic E-state index is 0.669. The number of nitrogens with zero attached hydrogens (tertiary/aromatic N) is 2. The van der Waals surface area contributed by atoms with Crippen LogP contribution in [0.4, 0.5) is 0 Å². The Morgan fingerprint density at radius 3 is 2.03 bits per heavy atom. The smallest absolute Gasteiger partial charge is 0.0991 e. The van der Waals surface area contributed by atoms with Gasteiger partial charge in [-0.3, -0.25) is 0 Å². The van der Waals surface area contributed by atoms with Crippen LogP contribution in [0.15, 0.2) is 60.7 Å². The Morgan fingerprint density at radius 2 is 1.43 bits per heavy atom. The summed E-state index contributed by atoms with van der Waals surface area (Å²) in [6.07, 6.45) is 25.6. The lowest BCUT2D eigenvalue weighted by atomic mass is 9.77. The van der Waals surface area contributed by atoms with Crippen molar-refractivity contribution in [2.45, 2.75) is 70.1 Å². The van der Waals surface area contributed by atoms with Gasteiger partial charge >= 0.3 is 0 Å². The van der Waals surface area contributed by atoms with E-state index in [1.807, 2.05) is 30.4 Å². The van der Waals surface area contributed by atoms with E-state index < -0.39 is 0 Å². The Hall–Kier alpha value is -2.58. The van der Waals surface area contributed by atoms with E-state index in [2.05, 4.69) is 36.4 Å². The number of nitriles is 2. The van der Waals surface area contributed by atoms with Crippen molar-refractivity contribution >= 4 is 0 Å². The second kappa shape index (κ2) is 12.2. The molecule has 2 nitrogen and oxygen atoms in total. The van der Waals surface area contributed by atoms with Crippen molar-refractivity contribution in [3.63, 3.8) is 0 Å². The fourth-order valence-electron chi connectivity index (χ4n) is 5.06. The largest absolute Gasteiger partial charge is 0.193 e. The lowest BCUT2D eigenvalue weighted by Gasteiger charge is -2.29. The molecule has 156 valence electrons. The third-order valence-corrected chi connectivity index (χ3v) is 6.99. The predicted octanol–water partition coefficient (Wildman–Crippen LogP) is 7.61. The third-order valence-electron chi connectivity index (χ3n) is 6.99. The maximum atomic E-state index is 8.96. The summed E-state index contributed by atoms with van der Waals surface area (Å²) in [4.78, 5) is 0. The first-order valence-corrected chi connectivity index (χ1v) is 11.7. The van der Waals surface area contributed by atoms with Crippen molar-refractivity contribution in [2.75, 3.05) is 0 Å². The van der Waals surface area contributed by atoms with Gasteiger partial charge in [-0.2, -0.15) is 10.5 Å². The van der Waals surface area contributed by atoms with Gasteiger partial charge in [0.25, 0.3) is 0 Å². The lowest BCUT2D eigenvalue weighted by Crippen LogP contribution is -2.14. The lowest BCUT2D eigenvalue weighted by molar-refractivity contribution is 0.295. The quantitative estimate of drug-likeness (QED) is 0.269. The molecular formula is C28H34N2. The standard InChI is InChI=1S/C28H34N2/c29-21-5-3-1-2-4-6-23-7-9-24(10-8-23)11-12-25-13-17-27(18-14-25)28-19-15-26(22-30)16-20-28/h1-3,5,11-12,15-16,19-20,23-25,27H,4,6-10,13-14,17-18H2/b2-1?,5-3?,12-11+/t23-,24-,25-,27-. The number of rotatable bonds is 7. The van der Waals surface area contributed by atoms with Crippen molar-refractivity contribution < 1.29 is 0 Å². The molecule has 0 amide bonds. The molecule has 1 aromatic rings. The molecule has 0 aromatic heterocycles. The van der Waals surface area contributed by atoms with Crippen LogP contribution in [0, 0.1) is 40.4 Å². The SMILES string of the molecule is N#CC=CC=CCC[C@H]1CC[C@H](/C=C/[C@H]2CC[C@H](c3ccc(C#N)cc3)CC2)CC1. The van der Waals surface area contributed by atoms with E-state index >= 15 is 0 Å². The molecule has 0 aliphatic heterocycles. The van der Waals surface area contributed by atoms with E-state index in [0.717, 1.165) is 29.7 Å². The summed E-state index contributed by atoms with van der Waals surface area (Å²) in [6, 6.07) is 12.4. The summed E-state index contributed by atoms with van der Waals surface area (Å²) in [7, 11) is 0. The maximum Gasteiger partial charge on any atom is 0.0991 e. The number of benzene rings is 1. The zero-order valence-electron chi connectivity index (χ0n) is 18.0. The van der Waals surface area contributed by atoms with Crippen LogP contribution in [-0.4, -0.2) is 0 Å². The summed E-state index contributed by atoms with van der Waals surface area (Å²) in [6.45, 7) is 0. The van der Waals surface area contributed by atoms with Gasteiger partial charge in [0.15, 0.2) is 0 Å². The van der Waals surface area contributed by atoms with Gasteiger partial charge in [0.2, 0.25) is 0 Å². The average molecular weight is 399 g/mol. The Balaban J connectivity index is 1.33. The van der Waals surface area contributed by atoms with E-state index in [0.29, 0.717) is 5.92 Å². The molecule has 2 fully saturated rings. The molecule has 0 spiro atoms. The van der Waals surface area contributed by atoms with Gasteiger partial charge in [-0.25, -0.2) is 0 Å². The zero-order valence-corrected chi connectivity index (χ0v) is 18.0. The van der Waals surface area contributed by atoms with E-state index in [4.69, 9.17) is 10.5 Å². The Morgan fingerprint density at radius 1 is 0.800 bits per heavy atom. The van der Waals surface area contributed by atoms with Crippen molar-refractivity contribution in [1.29, 1.82) is 10.5 Å². The zero-order chi connectivity index (χ0) is 21.0. The third kappa shape index (κ3) is 7.03. The van der Waals surface area contributed by atoms with Gasteiger partial charge in [0.05, 0.1) is 17.7 Å². The average Bonchev–Trinajstić information content (AvgIpc) is 2.81. The first-order chi connectivity index (χ1) is 14.8. The Bertz CT molecular complexity index is 800. The van der Waals surface area contributed by atoms with Crippen LogP contribution >= 0.6 is 0 Å². The highest BCUT2D eigenvalue weighted by Gasteiger charge is 2.22. The second-order valence-corrected chi connectivity index (χ2v) is 9.00. The maximum absolute atomic E-state index is 8.96. The minimum Gasteiger partial charge on any atom is -0.193 e. The van der Waals surface area contributed by atoms with Crippen LogP contribution in [0.3, 0.4) is 0 Å². The predicted molar refractivity (Wildman–Crippen MR) is 124 cm³/mol. The number of allylic oxidation sites excluding steroid dienone is 6. The topological polar surface area (TPSA) is 47.6 Å². The highest BCUT2D eigenvalue weighted by molar-refractivity contribution is 5.33. The van der Waals surface area contributed by atoms with Crippen LogP contribution in [0.1, 0.15) is 81.3 Å². The molecule has 3 rings (SSSR count). The van der Waals surface area contributed by atoms with Crippen molar-refractivity contribution in [3.8, 4) is 12.1 Å². The van der Waals surface area contributed by atoms with Crippen molar-refractivity contribution in [2.24, 2.45) is 17.8 Å². The second-order valence-electron chi connectivity index (χ2n) is 9.00. The van der Waals surface area contributed by atoms with Crippen LogP contribution in [0.25, 0.3) is 0 Å². The molecule has 0 saturated heterocycles. The van der Waals surface area contributed by atoms with Gasteiger partial charge in [-0.15, -0.1) is 0 Å². The molecule has 30 heavy (non-hydrogen) atoms. The van der Waals surface area contributed by atoms with Crippen LogP contribution in [0.2, 0.25) is 0 Å². The highest BCUT2D eigenvalue weighted by atomic mass is 14.3. The van der Waals surface area contributed by atoms with Gasteiger partial charge in [0.1, 0.15) is 0 Å². The van der Waals surface area contributed by atoms with E-state index in [9.17, 15) is 0 Å². The van der Waals surface area contributed by atoms with Crippen molar-refractivity contribution in [3.05, 3.63) is 71.8 Å². The van der Waals surface area contributed by atoms with Gasteiger partial charge in [-0.05, 0) is 106 Å². The van der Waals surface area contributed by atoms with E-state index in [1.54, 1.807) is 0 Å². The molecule has 0 bridgehead atoms. The highest BCUT2D eigenvalue weighted by Crippen LogP contribution is 2.37. The normalized spacial score (nSPS) is 27.4. The molecule has 2 aliphatic carbocycles. The van der Waals surface area contributed by atoms with Gasteiger partial charge < -0.3 is 0 Å². The summed E-state index contributed by atoms with van der Waals surface area (Å²) >= 11 is 0. The molecule has 2 aliphatic rings. The molecule has 1 aromatic carbocycles. The summed E-state index contributed by atoms with van der Waals surface area (Å²) in [5.41, 5.74) is 2.17. The Labute approximate surface area is 182 Å². The van der Waals surface area contributed by atoms with Crippen LogP contribution < -0.4 is 0 Å². The molecule has 0 radical (unpaired) electrons. The van der Waals surface area contributed by atoms with Crippen LogP contribution in [0.5, 0.6) is 0 Å². The van der Waals surface area contributed by atoms with Crippen molar-refractivity contribution in [1.82, 2.24) is 0 Å². The molecule has 2 saturated carbocycles. The summed E-state index contributed by atoms with van der Waals surface area (Å²) < 4.78 is 0. The molecule has 0 unspecified atom stereocenters. The summed E-state index contributed by atoms with van der Waals surface area (Å²) in [5.74, 6) is 3.08. The number of hydrogen-bond acceptors (Lipinski definition) is 2. The van der Waals surface area contributed by atoms with Gasteiger partial charge in [0, 0.05) is 6.08 Å². The van der Waals surface area contributed by atoms with E-state index in [-0.39, 0.29) is 0 Å². The minimum absolute atomic E-state index is 0.669. The first kappa shape index (κ1) is 22.1. The molecule has 2 heteroatoms. The monoisotopic (exact) mass is 398 g/mol. The van der Waals surface area contributed by atoms with Gasteiger partial charge in [-0.1, -0.05) is 42.5 Å².